The molecule has 0 unspecified atom stereocenters. The van der Waals surface area contributed by atoms with E-state index in [1.165, 1.54) is 0 Å². The molecule has 2 atom stereocenters. The molecule has 1 aliphatic heterocycles. The molecule has 0 amide bonds. The lowest BCUT2D eigenvalue weighted by Crippen LogP contribution is -2.38. The van der Waals surface area contributed by atoms with Gasteiger partial charge < -0.3 is 9.26 Å². The average molecular weight is 214 g/mol. The molecule has 1 saturated heterocycles. The number of likely N-dealkylation sites (N-methyl/N-ethyl adjacent to an activating group) is 1. The molecule has 0 radical (unpaired) electrons. The van der Waals surface area contributed by atoms with Crippen LogP contribution in [0, 0.1) is 6.92 Å². The van der Waals surface area contributed by atoms with Crippen LogP contribution in [0.2, 0.25) is 0 Å². The highest BCUT2D eigenvalue weighted by atomic mass is 19.1. The summed E-state index contributed by atoms with van der Waals surface area (Å²) in [5.41, 5.74) is 0.997. The first-order valence-corrected chi connectivity index (χ1v) is 5.00. The summed E-state index contributed by atoms with van der Waals surface area (Å²) in [4.78, 5) is 1.94. The van der Waals surface area contributed by atoms with Crippen molar-refractivity contribution in [3.63, 3.8) is 0 Å². The Morgan fingerprint density at radius 2 is 2.40 bits per heavy atom. The summed E-state index contributed by atoms with van der Waals surface area (Å²) < 4.78 is 23.4. The van der Waals surface area contributed by atoms with E-state index < -0.39 is 6.17 Å². The highest BCUT2D eigenvalue weighted by molar-refractivity contribution is 5.11. The summed E-state index contributed by atoms with van der Waals surface area (Å²) in [6, 6.07) is -0.153. The zero-order valence-electron chi connectivity index (χ0n) is 8.94. The van der Waals surface area contributed by atoms with E-state index in [4.69, 9.17) is 9.26 Å². The molecule has 0 saturated carbocycles. The van der Waals surface area contributed by atoms with Crippen molar-refractivity contribution in [2.24, 2.45) is 0 Å². The van der Waals surface area contributed by atoms with Gasteiger partial charge in [-0.2, -0.15) is 0 Å². The normalized spacial score (nSPS) is 26.4. The number of hydrogen-bond donors (Lipinski definition) is 0. The molecule has 4 nitrogen and oxygen atoms in total. The number of rotatable bonds is 3. The molecule has 1 fully saturated rings. The van der Waals surface area contributed by atoms with Gasteiger partial charge in [-0.25, -0.2) is 4.39 Å². The first-order chi connectivity index (χ1) is 7.18. The van der Waals surface area contributed by atoms with E-state index in [0.717, 1.165) is 11.3 Å². The van der Waals surface area contributed by atoms with Gasteiger partial charge in [0.25, 0.3) is 0 Å². The minimum Gasteiger partial charge on any atom is -0.377 e. The molecule has 15 heavy (non-hydrogen) atoms. The zero-order chi connectivity index (χ0) is 10.8. The third kappa shape index (κ3) is 2.18. The maximum absolute atomic E-state index is 13.4. The van der Waals surface area contributed by atoms with Crippen LogP contribution in [0.5, 0.6) is 0 Å². The number of nitrogens with zero attached hydrogens (tertiary/aromatic N) is 2. The van der Waals surface area contributed by atoms with Gasteiger partial charge in [0.2, 0.25) is 0 Å². The number of aromatic nitrogens is 1. The summed E-state index contributed by atoms with van der Waals surface area (Å²) in [7, 11) is 1.89. The molecule has 0 spiro atoms. The van der Waals surface area contributed by atoms with Crippen molar-refractivity contribution in [2.45, 2.75) is 25.7 Å². The van der Waals surface area contributed by atoms with E-state index in [-0.39, 0.29) is 12.6 Å². The van der Waals surface area contributed by atoms with E-state index in [1.54, 1.807) is 6.20 Å². The van der Waals surface area contributed by atoms with Crippen LogP contribution in [0.4, 0.5) is 4.39 Å². The van der Waals surface area contributed by atoms with Crippen LogP contribution < -0.4 is 0 Å². The molecule has 0 aliphatic carbocycles. The second kappa shape index (κ2) is 4.28. The Bertz CT molecular complexity index is 329. The predicted octanol–water partition coefficient (Wildman–Crippen LogP) is 1.15. The maximum atomic E-state index is 13.4. The van der Waals surface area contributed by atoms with Crippen LogP contribution in [0.1, 0.15) is 11.3 Å². The van der Waals surface area contributed by atoms with Crippen molar-refractivity contribution in [3.05, 3.63) is 17.5 Å². The molecular weight excluding hydrogens is 199 g/mol. The summed E-state index contributed by atoms with van der Waals surface area (Å²) in [6.45, 7) is 3.16. The third-order valence-electron chi connectivity index (χ3n) is 2.82. The van der Waals surface area contributed by atoms with Crippen LogP contribution in [-0.2, 0) is 11.3 Å². The Hall–Kier alpha value is -0.940. The summed E-state index contributed by atoms with van der Waals surface area (Å²) in [6.07, 6.45) is 0.782. The molecule has 1 aromatic rings. The molecule has 0 N–H and O–H groups in total. The Morgan fingerprint density at radius 3 is 2.93 bits per heavy atom. The number of alkyl halides is 1. The van der Waals surface area contributed by atoms with Crippen molar-refractivity contribution in [3.8, 4) is 0 Å². The Balaban J connectivity index is 1.97. The lowest BCUT2D eigenvalue weighted by Gasteiger charge is -2.23. The van der Waals surface area contributed by atoms with Gasteiger partial charge in [-0.05, 0) is 14.0 Å². The van der Waals surface area contributed by atoms with Gasteiger partial charge in [-0.3, -0.25) is 4.90 Å². The minimum absolute atomic E-state index is 0.153. The quantitative estimate of drug-likeness (QED) is 0.756. The Morgan fingerprint density at radius 1 is 1.60 bits per heavy atom. The SMILES string of the molecule is Cc1oncc1CN(C)[C@@H]1COC[C@H]1F. The first kappa shape index (κ1) is 10.6. The second-order valence-corrected chi connectivity index (χ2v) is 3.94. The van der Waals surface area contributed by atoms with E-state index in [0.29, 0.717) is 13.2 Å². The fourth-order valence-electron chi connectivity index (χ4n) is 1.78. The summed E-state index contributed by atoms with van der Waals surface area (Å²) >= 11 is 0. The number of aryl methyl sites for hydroxylation is 1. The molecule has 1 aliphatic rings. The fraction of sp³-hybridized carbons (Fsp3) is 0.700. The lowest BCUT2D eigenvalue weighted by atomic mass is 10.2. The highest BCUT2D eigenvalue weighted by Gasteiger charge is 2.31. The third-order valence-corrected chi connectivity index (χ3v) is 2.82. The van der Waals surface area contributed by atoms with E-state index in [2.05, 4.69) is 5.16 Å². The smallest absolute Gasteiger partial charge is 0.141 e. The highest BCUT2D eigenvalue weighted by Crippen LogP contribution is 2.18. The number of hydrogen-bond acceptors (Lipinski definition) is 4. The van der Waals surface area contributed by atoms with Gasteiger partial charge in [0.1, 0.15) is 11.9 Å². The fourth-order valence-corrected chi connectivity index (χ4v) is 1.78. The molecule has 1 aromatic heterocycles. The Kier molecular flexibility index (Phi) is 3.02. The largest absolute Gasteiger partial charge is 0.377 e. The molecule has 84 valence electrons. The summed E-state index contributed by atoms with van der Waals surface area (Å²) in [5.74, 6) is 0.788. The summed E-state index contributed by atoms with van der Waals surface area (Å²) in [5, 5.41) is 3.69. The zero-order valence-corrected chi connectivity index (χ0v) is 8.94. The molecule has 5 heteroatoms. The van der Waals surface area contributed by atoms with Crippen LogP contribution in [0.15, 0.2) is 10.7 Å². The van der Waals surface area contributed by atoms with Gasteiger partial charge in [-0.15, -0.1) is 0 Å². The van der Waals surface area contributed by atoms with Crippen molar-refractivity contribution in [1.82, 2.24) is 10.1 Å². The molecule has 2 rings (SSSR count). The molecular formula is C10H15FN2O2. The van der Waals surface area contributed by atoms with Crippen LogP contribution in [-0.4, -0.2) is 42.5 Å². The molecule has 0 bridgehead atoms. The standard InChI is InChI=1S/C10H15FN2O2/c1-7-8(3-12-15-7)4-13(2)10-6-14-5-9(10)11/h3,9-10H,4-6H2,1-2H3/t9-,10-/m1/s1. The number of halogens is 1. The van der Waals surface area contributed by atoms with Crippen molar-refractivity contribution >= 4 is 0 Å². The molecule has 2 heterocycles. The maximum Gasteiger partial charge on any atom is 0.141 e. The van der Waals surface area contributed by atoms with Crippen molar-refractivity contribution in [1.29, 1.82) is 0 Å². The Labute approximate surface area is 88.0 Å². The monoisotopic (exact) mass is 214 g/mol. The van der Waals surface area contributed by atoms with Gasteiger partial charge in [0, 0.05) is 12.1 Å². The van der Waals surface area contributed by atoms with Gasteiger partial charge in [0.15, 0.2) is 0 Å². The van der Waals surface area contributed by atoms with Gasteiger partial charge in [0.05, 0.1) is 25.5 Å². The minimum atomic E-state index is -0.893. The van der Waals surface area contributed by atoms with Gasteiger partial charge >= 0.3 is 0 Å². The topological polar surface area (TPSA) is 38.5 Å². The van der Waals surface area contributed by atoms with Crippen molar-refractivity contribution < 1.29 is 13.7 Å². The second-order valence-electron chi connectivity index (χ2n) is 3.94. The van der Waals surface area contributed by atoms with Crippen molar-refractivity contribution in [2.75, 3.05) is 20.3 Å². The molecule has 0 aromatic carbocycles. The van der Waals surface area contributed by atoms with E-state index in [1.807, 2.05) is 18.9 Å². The first-order valence-electron chi connectivity index (χ1n) is 5.00. The van der Waals surface area contributed by atoms with Crippen LogP contribution >= 0.6 is 0 Å². The van der Waals surface area contributed by atoms with E-state index in [9.17, 15) is 4.39 Å². The predicted molar refractivity (Wildman–Crippen MR) is 52.2 cm³/mol. The van der Waals surface area contributed by atoms with Crippen LogP contribution in [0.25, 0.3) is 0 Å². The van der Waals surface area contributed by atoms with Crippen LogP contribution in [0.3, 0.4) is 0 Å². The van der Waals surface area contributed by atoms with Gasteiger partial charge in [-0.1, -0.05) is 5.16 Å². The lowest BCUT2D eigenvalue weighted by molar-refractivity contribution is 0.153. The van der Waals surface area contributed by atoms with E-state index >= 15 is 0 Å². The average Bonchev–Trinajstić information content (AvgIpc) is 2.76. The number of ether oxygens (including phenoxy) is 1.